The highest BCUT2D eigenvalue weighted by Gasteiger charge is 2.27. The Labute approximate surface area is 151 Å². The van der Waals surface area contributed by atoms with Crippen LogP contribution in [0, 0.1) is 27.7 Å². The number of carbonyl (C=O) groups is 1. The van der Waals surface area contributed by atoms with Crippen molar-refractivity contribution in [1.82, 2.24) is 0 Å². The second kappa shape index (κ2) is 6.57. The third-order valence-electron chi connectivity index (χ3n) is 4.01. The number of aromatic hydroxyl groups is 1. The van der Waals surface area contributed by atoms with Crippen LogP contribution in [0.15, 0.2) is 23.1 Å². The van der Waals surface area contributed by atoms with Gasteiger partial charge in [0.25, 0.3) is 10.0 Å². The van der Waals surface area contributed by atoms with Crippen molar-refractivity contribution >= 4 is 33.2 Å². The molecule has 0 unspecified atom stereocenters. The molecule has 2 aromatic rings. The standard InChI is InChI=1S/C17H19ClN2O4S/c1-8-5-10(3)16(14(11(8)4)17(19)22)25(23,24)20-12-6-9(2)15(21)13(18)7-12/h5-7,20-21H,1-4H3,(H2,19,22). The minimum atomic E-state index is -4.10. The number of benzene rings is 2. The normalized spacial score (nSPS) is 11.4. The van der Waals surface area contributed by atoms with Gasteiger partial charge in [0.1, 0.15) is 10.6 Å². The molecular formula is C17H19ClN2O4S. The molecule has 0 bridgehead atoms. The van der Waals surface area contributed by atoms with E-state index in [-0.39, 0.29) is 26.9 Å². The lowest BCUT2D eigenvalue weighted by molar-refractivity contribution is 0.0996. The summed E-state index contributed by atoms with van der Waals surface area (Å²) in [5.41, 5.74) is 7.67. The highest BCUT2D eigenvalue weighted by Crippen LogP contribution is 2.33. The van der Waals surface area contributed by atoms with Crippen LogP contribution >= 0.6 is 11.6 Å². The van der Waals surface area contributed by atoms with Gasteiger partial charge in [0.15, 0.2) is 0 Å². The van der Waals surface area contributed by atoms with Gasteiger partial charge in [-0.25, -0.2) is 8.42 Å². The first-order valence-electron chi connectivity index (χ1n) is 7.38. The highest BCUT2D eigenvalue weighted by atomic mass is 35.5. The monoisotopic (exact) mass is 382 g/mol. The molecule has 0 saturated heterocycles. The average Bonchev–Trinajstić information content (AvgIpc) is 2.47. The number of aryl methyl sites for hydroxylation is 3. The van der Waals surface area contributed by atoms with Crippen LogP contribution in [-0.2, 0) is 10.0 Å². The summed E-state index contributed by atoms with van der Waals surface area (Å²) >= 11 is 5.89. The first-order valence-corrected chi connectivity index (χ1v) is 9.24. The average molecular weight is 383 g/mol. The number of sulfonamides is 1. The molecular weight excluding hydrogens is 364 g/mol. The van der Waals surface area contributed by atoms with Gasteiger partial charge in [0.05, 0.1) is 16.3 Å². The molecule has 4 N–H and O–H groups in total. The summed E-state index contributed by atoms with van der Waals surface area (Å²) in [4.78, 5) is 11.7. The van der Waals surface area contributed by atoms with Crippen LogP contribution in [-0.4, -0.2) is 19.4 Å². The summed E-state index contributed by atoms with van der Waals surface area (Å²) in [5.74, 6) is -0.936. The Kier molecular flexibility index (Phi) is 5.02. The SMILES string of the molecule is Cc1cc(C)c(S(=O)(=O)Nc2cc(C)c(O)c(Cl)c2)c(C(N)=O)c1C. The van der Waals surface area contributed by atoms with Crippen molar-refractivity contribution in [2.45, 2.75) is 32.6 Å². The summed E-state index contributed by atoms with van der Waals surface area (Å²) in [6.07, 6.45) is 0. The van der Waals surface area contributed by atoms with E-state index >= 15 is 0 Å². The number of phenols is 1. The number of nitrogens with two attached hydrogens (primary N) is 1. The van der Waals surface area contributed by atoms with E-state index in [0.29, 0.717) is 16.7 Å². The maximum Gasteiger partial charge on any atom is 0.262 e. The van der Waals surface area contributed by atoms with Gasteiger partial charge in [-0.3, -0.25) is 9.52 Å². The molecule has 2 rings (SSSR count). The lowest BCUT2D eigenvalue weighted by Crippen LogP contribution is -2.23. The lowest BCUT2D eigenvalue weighted by atomic mass is 9.99. The van der Waals surface area contributed by atoms with E-state index in [2.05, 4.69) is 4.72 Å². The van der Waals surface area contributed by atoms with Gasteiger partial charge >= 0.3 is 0 Å². The van der Waals surface area contributed by atoms with E-state index in [1.54, 1.807) is 33.8 Å². The van der Waals surface area contributed by atoms with Crippen molar-refractivity contribution in [3.05, 3.63) is 51.0 Å². The third kappa shape index (κ3) is 3.57. The lowest BCUT2D eigenvalue weighted by Gasteiger charge is -2.17. The van der Waals surface area contributed by atoms with Crippen molar-refractivity contribution in [3.63, 3.8) is 0 Å². The van der Waals surface area contributed by atoms with Crippen molar-refractivity contribution in [3.8, 4) is 5.75 Å². The number of carbonyl (C=O) groups excluding carboxylic acids is 1. The summed E-state index contributed by atoms with van der Waals surface area (Å²) in [7, 11) is -4.10. The van der Waals surface area contributed by atoms with Gasteiger partial charge in [-0.05, 0) is 62.1 Å². The smallest absolute Gasteiger partial charge is 0.262 e. The number of hydrogen-bond donors (Lipinski definition) is 3. The fourth-order valence-electron chi connectivity index (χ4n) is 2.71. The number of nitrogens with one attached hydrogen (secondary N) is 1. The van der Waals surface area contributed by atoms with Crippen LogP contribution in [0.4, 0.5) is 5.69 Å². The van der Waals surface area contributed by atoms with Gasteiger partial charge < -0.3 is 10.8 Å². The molecule has 0 fully saturated rings. The van der Waals surface area contributed by atoms with E-state index in [1.165, 1.54) is 12.1 Å². The molecule has 134 valence electrons. The van der Waals surface area contributed by atoms with E-state index in [0.717, 1.165) is 5.56 Å². The molecule has 0 heterocycles. The molecule has 8 heteroatoms. The minimum Gasteiger partial charge on any atom is -0.506 e. The van der Waals surface area contributed by atoms with Crippen LogP contribution < -0.4 is 10.5 Å². The maximum absolute atomic E-state index is 12.9. The molecule has 0 atom stereocenters. The van der Waals surface area contributed by atoms with Gasteiger partial charge in [-0.2, -0.15) is 0 Å². The molecule has 25 heavy (non-hydrogen) atoms. The van der Waals surface area contributed by atoms with Crippen LogP contribution in [0.5, 0.6) is 5.75 Å². The molecule has 1 amide bonds. The summed E-state index contributed by atoms with van der Waals surface area (Å²) in [6, 6.07) is 4.42. The molecule has 0 radical (unpaired) electrons. The minimum absolute atomic E-state index is 0.0182. The van der Waals surface area contributed by atoms with Crippen molar-refractivity contribution in [2.24, 2.45) is 5.73 Å². The number of phenolic OH excluding ortho intramolecular Hbond substituents is 1. The second-order valence-corrected chi connectivity index (χ2v) is 7.96. The van der Waals surface area contributed by atoms with Crippen molar-refractivity contribution in [2.75, 3.05) is 4.72 Å². The predicted molar refractivity (Wildman–Crippen MR) is 97.8 cm³/mol. The topological polar surface area (TPSA) is 109 Å². The van der Waals surface area contributed by atoms with E-state index in [9.17, 15) is 18.3 Å². The Balaban J connectivity index is 2.66. The number of primary amides is 1. The molecule has 6 nitrogen and oxygen atoms in total. The van der Waals surface area contributed by atoms with Crippen LogP contribution in [0.3, 0.4) is 0 Å². The first kappa shape index (κ1) is 19.1. The molecule has 0 aliphatic carbocycles. The third-order valence-corrected chi connectivity index (χ3v) is 5.86. The van der Waals surface area contributed by atoms with Crippen molar-refractivity contribution < 1.29 is 18.3 Å². The number of halogens is 1. The fourth-order valence-corrected chi connectivity index (χ4v) is 4.51. The van der Waals surface area contributed by atoms with Crippen LogP contribution in [0.1, 0.15) is 32.6 Å². The van der Waals surface area contributed by atoms with Gasteiger partial charge in [0.2, 0.25) is 5.91 Å². The van der Waals surface area contributed by atoms with Gasteiger partial charge in [0, 0.05) is 0 Å². The Bertz CT molecular complexity index is 962. The zero-order valence-electron chi connectivity index (χ0n) is 14.3. The molecule has 2 aromatic carbocycles. The van der Waals surface area contributed by atoms with E-state index < -0.39 is 15.9 Å². The van der Waals surface area contributed by atoms with Crippen molar-refractivity contribution in [1.29, 1.82) is 0 Å². The largest absolute Gasteiger partial charge is 0.506 e. The predicted octanol–water partition coefficient (Wildman–Crippen LogP) is 3.18. The molecule has 0 saturated carbocycles. The fraction of sp³-hybridized carbons (Fsp3) is 0.235. The number of anilines is 1. The second-order valence-electron chi connectivity index (χ2n) is 5.93. The van der Waals surface area contributed by atoms with Crippen LogP contribution in [0.2, 0.25) is 5.02 Å². The van der Waals surface area contributed by atoms with Gasteiger partial charge in [-0.15, -0.1) is 0 Å². The Morgan fingerprint density at radius 1 is 1.08 bits per heavy atom. The summed E-state index contributed by atoms with van der Waals surface area (Å²) in [5, 5.41) is 9.72. The van der Waals surface area contributed by atoms with E-state index in [4.69, 9.17) is 17.3 Å². The maximum atomic E-state index is 12.9. The summed E-state index contributed by atoms with van der Waals surface area (Å²) < 4.78 is 28.2. The number of hydrogen-bond acceptors (Lipinski definition) is 4. The van der Waals surface area contributed by atoms with E-state index in [1.807, 2.05) is 0 Å². The highest BCUT2D eigenvalue weighted by molar-refractivity contribution is 7.92. The Morgan fingerprint density at radius 2 is 1.68 bits per heavy atom. The Hall–Kier alpha value is -2.25. The molecule has 0 aliphatic rings. The van der Waals surface area contributed by atoms with Crippen LogP contribution in [0.25, 0.3) is 0 Å². The summed E-state index contributed by atoms with van der Waals surface area (Å²) in [6.45, 7) is 6.62. The zero-order chi connectivity index (χ0) is 19.1. The number of rotatable bonds is 4. The first-order chi connectivity index (χ1) is 11.5. The quantitative estimate of drug-likeness (QED) is 0.705. The Morgan fingerprint density at radius 3 is 2.20 bits per heavy atom. The van der Waals surface area contributed by atoms with Gasteiger partial charge in [-0.1, -0.05) is 17.7 Å². The molecule has 0 spiro atoms. The number of amides is 1. The molecule has 0 aromatic heterocycles. The molecule has 0 aliphatic heterocycles. The zero-order valence-corrected chi connectivity index (χ0v) is 15.8.